The van der Waals surface area contributed by atoms with Crippen molar-refractivity contribution in [1.29, 1.82) is 0 Å². The molecule has 0 heterocycles. The lowest BCUT2D eigenvalue weighted by atomic mass is 10.4. The Hall–Kier alpha value is -1.59. The van der Waals surface area contributed by atoms with E-state index in [0.717, 1.165) is 0 Å². The van der Waals surface area contributed by atoms with Crippen LogP contribution in [0.1, 0.15) is 6.92 Å². The average Bonchev–Trinajstić information content (AvgIpc) is 1.82. The molecule has 0 unspecified atom stereocenters. The van der Waals surface area contributed by atoms with Gasteiger partial charge in [0.15, 0.2) is 0 Å². The molecule has 4 N–H and O–H groups in total. The number of guanidine groups is 1. The smallest absolute Gasteiger partial charge is 0.211 e. The summed E-state index contributed by atoms with van der Waals surface area (Å²) in [5.74, 6) is -1.69. The molecule has 0 radical (unpaired) electrons. The van der Waals surface area contributed by atoms with Gasteiger partial charge in [-0.3, -0.25) is 0 Å². The fourth-order valence-corrected chi connectivity index (χ4v) is 0.174. The number of aliphatic carboxylic acids is 1. The quantitative estimate of drug-likeness (QED) is 0.250. The Labute approximate surface area is 57.2 Å². The molecule has 0 atom stereocenters. The van der Waals surface area contributed by atoms with Crippen LogP contribution in [-0.4, -0.2) is 17.6 Å². The molecule has 6 nitrogen and oxygen atoms in total. The Morgan fingerprint density at radius 2 is 1.90 bits per heavy atom. The summed E-state index contributed by atoms with van der Waals surface area (Å²) in [7, 11) is 0. The molecule has 6 heteroatoms. The highest BCUT2D eigenvalue weighted by Gasteiger charge is 1.87. The van der Waals surface area contributed by atoms with Crippen LogP contribution in [0.5, 0.6) is 0 Å². The highest BCUT2D eigenvalue weighted by molar-refractivity contribution is 6.33. The largest absolute Gasteiger partial charge is 0.543 e. The van der Waals surface area contributed by atoms with Crippen molar-refractivity contribution in [2.45, 2.75) is 6.92 Å². The summed E-state index contributed by atoms with van der Waals surface area (Å²) in [6, 6.07) is 0. The van der Waals surface area contributed by atoms with Gasteiger partial charge in [-0.1, -0.05) is 0 Å². The van der Waals surface area contributed by atoms with Crippen molar-refractivity contribution in [2.24, 2.45) is 21.7 Å². The molecule has 0 rings (SSSR count). The van der Waals surface area contributed by atoms with E-state index in [1.165, 1.54) is 6.92 Å². The first kappa shape index (κ1) is 8.41. The molecular formula is C4H7N4O2-. The lowest BCUT2D eigenvalue weighted by Crippen LogP contribution is -2.30. The molecule has 0 aromatic carbocycles. The second-order valence-electron chi connectivity index (χ2n) is 1.50. The number of carbonyl (C=O) groups excluding carboxylic acids is 1. The van der Waals surface area contributed by atoms with E-state index in [9.17, 15) is 9.90 Å². The number of nitrogens with zero attached hydrogens (tertiary/aromatic N) is 2. The summed E-state index contributed by atoms with van der Waals surface area (Å²) in [5.41, 5.74) is 9.43. The van der Waals surface area contributed by atoms with Crippen molar-refractivity contribution in [3.63, 3.8) is 0 Å². The average molecular weight is 143 g/mol. The van der Waals surface area contributed by atoms with Crippen LogP contribution in [-0.2, 0) is 4.79 Å². The molecule has 0 amide bonds. The van der Waals surface area contributed by atoms with Crippen molar-refractivity contribution in [1.82, 2.24) is 0 Å². The van der Waals surface area contributed by atoms with Crippen molar-refractivity contribution in [3.8, 4) is 0 Å². The Kier molecular flexibility index (Phi) is 2.89. The monoisotopic (exact) mass is 143 g/mol. The van der Waals surface area contributed by atoms with E-state index in [1.54, 1.807) is 0 Å². The second kappa shape index (κ2) is 3.44. The standard InChI is InChI=1S/C4H8N4O2/c1-2(3(9)10)7-8-4(5)6/h1H3,(H,9,10)(H4,5,6,8)/p-1. The molecular weight excluding hydrogens is 136 g/mol. The van der Waals surface area contributed by atoms with Crippen LogP contribution in [0.3, 0.4) is 0 Å². The van der Waals surface area contributed by atoms with Gasteiger partial charge in [0.1, 0.15) is 0 Å². The van der Waals surface area contributed by atoms with E-state index < -0.39 is 5.97 Å². The topological polar surface area (TPSA) is 117 Å². The number of hydrogen-bond donors (Lipinski definition) is 2. The van der Waals surface area contributed by atoms with Crippen LogP contribution >= 0.6 is 0 Å². The van der Waals surface area contributed by atoms with Crippen LogP contribution in [0.15, 0.2) is 10.2 Å². The molecule has 0 aliphatic heterocycles. The fraction of sp³-hybridized carbons (Fsp3) is 0.250. The van der Waals surface area contributed by atoms with Gasteiger partial charge in [-0.15, -0.1) is 5.10 Å². The van der Waals surface area contributed by atoms with E-state index in [4.69, 9.17) is 11.5 Å². The summed E-state index contributed by atoms with van der Waals surface area (Å²) in [5, 5.41) is 16.1. The van der Waals surface area contributed by atoms with Crippen LogP contribution in [0.2, 0.25) is 0 Å². The summed E-state index contributed by atoms with van der Waals surface area (Å²) in [6.45, 7) is 1.22. The number of hydrogen-bond acceptors (Lipinski definition) is 4. The summed E-state index contributed by atoms with van der Waals surface area (Å²) < 4.78 is 0. The molecule has 0 aliphatic rings. The molecule has 0 saturated heterocycles. The molecule has 56 valence electrons. The van der Waals surface area contributed by atoms with Crippen LogP contribution in [0.25, 0.3) is 0 Å². The van der Waals surface area contributed by atoms with Crippen molar-refractivity contribution in [3.05, 3.63) is 0 Å². The first-order chi connectivity index (χ1) is 4.54. The first-order valence-corrected chi connectivity index (χ1v) is 2.38. The van der Waals surface area contributed by atoms with Gasteiger partial charge < -0.3 is 21.4 Å². The van der Waals surface area contributed by atoms with E-state index in [0.29, 0.717) is 0 Å². The van der Waals surface area contributed by atoms with E-state index in [-0.39, 0.29) is 11.7 Å². The fourth-order valence-electron chi connectivity index (χ4n) is 0.174. The second-order valence-corrected chi connectivity index (χ2v) is 1.50. The molecule has 0 fully saturated rings. The lowest BCUT2D eigenvalue weighted by molar-refractivity contribution is -0.294. The third-order valence-corrected chi connectivity index (χ3v) is 0.611. The zero-order chi connectivity index (χ0) is 8.15. The maximum absolute atomic E-state index is 9.92. The normalized spacial score (nSPS) is 10.7. The Balaban J connectivity index is 4.19. The van der Waals surface area contributed by atoms with E-state index in [2.05, 4.69) is 10.2 Å². The van der Waals surface area contributed by atoms with E-state index in [1.807, 2.05) is 0 Å². The van der Waals surface area contributed by atoms with Gasteiger partial charge in [0.05, 0.1) is 11.7 Å². The molecule has 0 aromatic heterocycles. The third-order valence-electron chi connectivity index (χ3n) is 0.611. The highest BCUT2D eigenvalue weighted by Crippen LogP contribution is 1.75. The van der Waals surface area contributed by atoms with Gasteiger partial charge >= 0.3 is 0 Å². The zero-order valence-corrected chi connectivity index (χ0v) is 5.37. The van der Waals surface area contributed by atoms with Crippen molar-refractivity contribution in [2.75, 3.05) is 0 Å². The summed E-state index contributed by atoms with van der Waals surface area (Å²) in [4.78, 5) is 9.92. The minimum Gasteiger partial charge on any atom is -0.543 e. The highest BCUT2D eigenvalue weighted by atomic mass is 16.4. The molecule has 0 bridgehead atoms. The van der Waals surface area contributed by atoms with Gasteiger partial charge in [-0.25, -0.2) is 0 Å². The van der Waals surface area contributed by atoms with Gasteiger partial charge in [-0.05, 0) is 6.92 Å². The summed E-state index contributed by atoms with van der Waals surface area (Å²) >= 11 is 0. The van der Waals surface area contributed by atoms with Crippen LogP contribution in [0, 0.1) is 0 Å². The number of carbonyl (C=O) groups is 1. The number of nitrogens with two attached hydrogens (primary N) is 2. The minimum absolute atomic E-state index is 0.270. The number of carboxylic acid groups (broad SMARTS) is 1. The van der Waals surface area contributed by atoms with Crippen LogP contribution in [0.4, 0.5) is 0 Å². The lowest BCUT2D eigenvalue weighted by Gasteiger charge is -1.95. The zero-order valence-electron chi connectivity index (χ0n) is 5.37. The van der Waals surface area contributed by atoms with Gasteiger partial charge in [0.25, 0.3) is 0 Å². The van der Waals surface area contributed by atoms with Gasteiger partial charge in [-0.2, -0.15) is 5.10 Å². The van der Waals surface area contributed by atoms with E-state index >= 15 is 0 Å². The Morgan fingerprint density at radius 3 is 2.20 bits per heavy atom. The van der Waals surface area contributed by atoms with Crippen molar-refractivity contribution < 1.29 is 9.90 Å². The van der Waals surface area contributed by atoms with Crippen molar-refractivity contribution >= 4 is 17.6 Å². The maximum Gasteiger partial charge on any atom is 0.211 e. The van der Waals surface area contributed by atoms with Gasteiger partial charge in [0, 0.05) is 0 Å². The predicted molar refractivity (Wildman–Crippen MR) is 33.9 cm³/mol. The molecule has 0 aliphatic carbocycles. The number of rotatable bonds is 2. The predicted octanol–water partition coefficient (Wildman–Crippen LogP) is -2.61. The number of carboxylic acids is 1. The first-order valence-electron chi connectivity index (χ1n) is 2.38. The molecule has 10 heavy (non-hydrogen) atoms. The Morgan fingerprint density at radius 1 is 1.40 bits per heavy atom. The molecule has 0 spiro atoms. The minimum atomic E-state index is -1.40. The SMILES string of the molecule is CC(=NN=C(N)N)C(=O)[O-]. The molecule has 0 saturated carbocycles. The van der Waals surface area contributed by atoms with Gasteiger partial charge in [0.2, 0.25) is 5.96 Å². The Bertz CT molecular complexity index is 191. The van der Waals surface area contributed by atoms with Crippen LogP contribution < -0.4 is 16.6 Å². The third kappa shape index (κ3) is 3.42. The maximum atomic E-state index is 9.92. The molecule has 0 aromatic rings. The summed E-state index contributed by atoms with van der Waals surface area (Å²) in [6.07, 6.45) is 0.